The van der Waals surface area contributed by atoms with E-state index in [1.54, 1.807) is 24.4 Å². The van der Waals surface area contributed by atoms with Gasteiger partial charge in [-0.3, -0.25) is 0 Å². The van der Waals surface area contributed by atoms with Crippen molar-refractivity contribution in [3.63, 3.8) is 0 Å². The minimum Gasteiger partial charge on any atom is -0.221 e. The van der Waals surface area contributed by atoms with E-state index in [0.717, 1.165) is 5.56 Å². The van der Waals surface area contributed by atoms with Gasteiger partial charge in [0.2, 0.25) is 0 Å². The van der Waals surface area contributed by atoms with Crippen LogP contribution in [0.4, 0.5) is 0 Å². The van der Waals surface area contributed by atoms with E-state index < -0.39 is 0 Å². The molecule has 0 aliphatic carbocycles. The average molecular weight is 241 g/mol. The van der Waals surface area contributed by atoms with E-state index in [9.17, 15) is 0 Å². The van der Waals surface area contributed by atoms with Crippen molar-refractivity contribution in [1.82, 2.24) is 14.9 Å². The molecule has 2 aromatic rings. The summed E-state index contributed by atoms with van der Waals surface area (Å²) >= 11 is 11.7. The molecule has 1 heterocycles. The second kappa shape index (κ2) is 4.42. The summed E-state index contributed by atoms with van der Waals surface area (Å²) in [6, 6.07) is 5.19. The number of aromatic nitrogens is 3. The molecule has 76 valence electrons. The molecule has 0 aliphatic rings. The Bertz CT molecular complexity index is 479. The van der Waals surface area contributed by atoms with Gasteiger partial charge in [0, 0.05) is 10.6 Å². The maximum Gasteiger partial charge on any atom is 0.139 e. The quantitative estimate of drug-likeness (QED) is 0.758. The average Bonchev–Trinajstić information content (AvgIpc) is 2.69. The Morgan fingerprint density at radius 2 is 2.20 bits per heavy atom. The highest BCUT2D eigenvalue weighted by Gasteiger charge is 1.97. The van der Waals surface area contributed by atoms with Crippen LogP contribution in [0.25, 0.3) is 0 Å². The predicted molar refractivity (Wildman–Crippen MR) is 59.5 cm³/mol. The molecule has 0 radical (unpaired) electrons. The van der Waals surface area contributed by atoms with Crippen LogP contribution in [0.15, 0.2) is 36.0 Å². The lowest BCUT2D eigenvalue weighted by atomic mass is 10.2. The zero-order chi connectivity index (χ0) is 10.7. The molecule has 0 unspecified atom stereocenters. The van der Waals surface area contributed by atoms with Crippen LogP contribution >= 0.6 is 23.2 Å². The maximum absolute atomic E-state index is 5.95. The molecule has 0 saturated heterocycles. The van der Waals surface area contributed by atoms with E-state index in [-0.39, 0.29) is 0 Å². The van der Waals surface area contributed by atoms with Gasteiger partial charge in [-0.25, -0.2) is 4.98 Å². The molecule has 2 rings (SSSR count). The third-order valence-corrected chi connectivity index (χ3v) is 2.25. The molecule has 0 fully saturated rings. The van der Waals surface area contributed by atoms with Crippen molar-refractivity contribution < 1.29 is 0 Å². The summed E-state index contributed by atoms with van der Waals surface area (Å²) in [5.41, 5.74) is 0.775. The number of hydrogen-bond acceptors (Lipinski definition) is 3. The fourth-order valence-corrected chi connectivity index (χ4v) is 1.45. The van der Waals surface area contributed by atoms with Gasteiger partial charge in [-0.1, -0.05) is 29.3 Å². The van der Waals surface area contributed by atoms with Crippen LogP contribution in [0.2, 0.25) is 10.0 Å². The molecule has 1 aromatic carbocycles. The minimum atomic E-state index is 0.548. The van der Waals surface area contributed by atoms with Crippen molar-refractivity contribution in [2.75, 3.05) is 0 Å². The largest absolute Gasteiger partial charge is 0.221 e. The van der Waals surface area contributed by atoms with E-state index in [2.05, 4.69) is 15.2 Å². The van der Waals surface area contributed by atoms with Crippen LogP contribution in [-0.4, -0.2) is 21.1 Å². The van der Waals surface area contributed by atoms with Gasteiger partial charge in [-0.15, -0.1) is 9.89 Å². The molecule has 0 saturated carbocycles. The fraction of sp³-hybridized carbons (Fsp3) is 0. The molecule has 0 atom stereocenters. The Hall–Kier alpha value is -1.39. The van der Waals surface area contributed by atoms with Gasteiger partial charge in [0.25, 0.3) is 0 Å². The Labute approximate surface area is 96.2 Å². The first-order chi connectivity index (χ1) is 7.25. The smallest absolute Gasteiger partial charge is 0.139 e. The Morgan fingerprint density at radius 1 is 1.33 bits per heavy atom. The molecule has 0 amide bonds. The molecule has 0 N–H and O–H groups in total. The van der Waals surface area contributed by atoms with Crippen LogP contribution < -0.4 is 0 Å². The molecule has 0 aliphatic heterocycles. The van der Waals surface area contributed by atoms with Gasteiger partial charge in [0.15, 0.2) is 0 Å². The number of nitrogens with zero attached hydrogens (tertiary/aromatic N) is 4. The highest BCUT2D eigenvalue weighted by atomic mass is 35.5. The van der Waals surface area contributed by atoms with E-state index in [0.29, 0.717) is 10.0 Å². The number of benzene rings is 1. The van der Waals surface area contributed by atoms with Crippen LogP contribution in [0.5, 0.6) is 0 Å². The van der Waals surface area contributed by atoms with Gasteiger partial charge >= 0.3 is 0 Å². The third kappa shape index (κ3) is 2.55. The summed E-state index contributed by atoms with van der Waals surface area (Å²) < 4.78 is 0. The maximum atomic E-state index is 5.95. The summed E-state index contributed by atoms with van der Waals surface area (Å²) in [6.45, 7) is 0. The first kappa shape index (κ1) is 10.1. The molecule has 0 bridgehead atoms. The molecule has 0 spiro atoms. The zero-order valence-electron chi connectivity index (χ0n) is 7.51. The van der Waals surface area contributed by atoms with Gasteiger partial charge < -0.3 is 0 Å². The van der Waals surface area contributed by atoms with Gasteiger partial charge in [0.05, 0.1) is 11.2 Å². The zero-order valence-corrected chi connectivity index (χ0v) is 9.02. The molecule has 6 heteroatoms. The van der Waals surface area contributed by atoms with E-state index >= 15 is 0 Å². The SMILES string of the molecule is Clc1ccc(/C=N/n2cncn2)c(Cl)c1. The molecule has 4 nitrogen and oxygen atoms in total. The van der Waals surface area contributed by atoms with Crippen molar-refractivity contribution in [1.29, 1.82) is 0 Å². The predicted octanol–water partition coefficient (Wildman–Crippen LogP) is 2.47. The number of rotatable bonds is 2. The first-order valence-electron chi connectivity index (χ1n) is 4.10. The Morgan fingerprint density at radius 3 is 2.87 bits per heavy atom. The van der Waals surface area contributed by atoms with Crippen LogP contribution in [0, 0.1) is 0 Å². The van der Waals surface area contributed by atoms with Crippen LogP contribution in [0.3, 0.4) is 0 Å². The minimum absolute atomic E-state index is 0.548. The van der Waals surface area contributed by atoms with Gasteiger partial charge in [0.1, 0.15) is 12.7 Å². The topological polar surface area (TPSA) is 43.1 Å². The lowest BCUT2D eigenvalue weighted by molar-refractivity contribution is 0.743. The summed E-state index contributed by atoms with van der Waals surface area (Å²) in [7, 11) is 0. The van der Waals surface area contributed by atoms with Crippen molar-refractivity contribution in [2.45, 2.75) is 0 Å². The second-order valence-corrected chi connectivity index (χ2v) is 3.57. The standard InChI is InChI=1S/C9H6Cl2N4/c10-8-2-1-7(9(11)3-8)4-13-15-6-12-5-14-15/h1-6H/b13-4+. The molecule has 1 aromatic heterocycles. The van der Waals surface area contributed by atoms with Gasteiger partial charge in [-0.2, -0.15) is 5.10 Å². The number of halogens is 2. The first-order valence-corrected chi connectivity index (χ1v) is 4.85. The van der Waals surface area contributed by atoms with Crippen molar-refractivity contribution in [3.05, 3.63) is 46.5 Å². The normalized spacial score (nSPS) is 11.1. The lowest BCUT2D eigenvalue weighted by Gasteiger charge is -1.97. The molecular weight excluding hydrogens is 235 g/mol. The van der Waals surface area contributed by atoms with Crippen LogP contribution in [0.1, 0.15) is 5.56 Å². The lowest BCUT2D eigenvalue weighted by Crippen LogP contribution is -1.91. The van der Waals surface area contributed by atoms with Crippen molar-refractivity contribution in [2.24, 2.45) is 5.10 Å². The highest BCUT2D eigenvalue weighted by molar-refractivity contribution is 6.36. The van der Waals surface area contributed by atoms with Crippen molar-refractivity contribution in [3.8, 4) is 0 Å². The summed E-state index contributed by atoms with van der Waals surface area (Å²) in [5.74, 6) is 0. The fourth-order valence-electron chi connectivity index (χ4n) is 0.989. The summed E-state index contributed by atoms with van der Waals surface area (Å²) in [4.78, 5) is 5.09. The Balaban J connectivity index is 2.24. The highest BCUT2D eigenvalue weighted by Crippen LogP contribution is 2.19. The monoisotopic (exact) mass is 240 g/mol. The molecule has 15 heavy (non-hydrogen) atoms. The van der Waals surface area contributed by atoms with Crippen molar-refractivity contribution >= 4 is 29.4 Å². The van der Waals surface area contributed by atoms with Gasteiger partial charge in [-0.05, 0) is 12.1 Å². The second-order valence-electron chi connectivity index (χ2n) is 2.73. The van der Waals surface area contributed by atoms with E-state index in [4.69, 9.17) is 23.2 Å². The third-order valence-electron chi connectivity index (χ3n) is 1.68. The number of hydrogen-bond donors (Lipinski definition) is 0. The molecular formula is C9H6Cl2N4. The summed E-state index contributed by atoms with van der Waals surface area (Å²) in [5, 5.41) is 8.98. The van der Waals surface area contributed by atoms with E-state index in [1.807, 2.05) is 0 Å². The van der Waals surface area contributed by atoms with Crippen LogP contribution in [-0.2, 0) is 0 Å². The summed E-state index contributed by atoms with van der Waals surface area (Å²) in [6.07, 6.45) is 4.48. The van der Waals surface area contributed by atoms with E-state index in [1.165, 1.54) is 17.4 Å². The Kier molecular flexibility index (Phi) is 2.99.